The Hall–Kier alpha value is -2.67. The lowest BCUT2D eigenvalue weighted by molar-refractivity contribution is 0.398. The van der Waals surface area contributed by atoms with Crippen LogP contribution < -0.4 is 15.0 Å². The maximum Gasteiger partial charge on any atom is 0.213 e. The molecule has 3 aromatic heterocycles. The second-order valence-corrected chi connectivity index (χ2v) is 7.47. The Morgan fingerprint density at radius 2 is 2.11 bits per heavy atom. The van der Waals surface area contributed by atoms with Gasteiger partial charge in [0.2, 0.25) is 5.88 Å². The van der Waals surface area contributed by atoms with Gasteiger partial charge in [0.05, 0.1) is 18.5 Å². The molecule has 1 aliphatic carbocycles. The molecule has 140 valence electrons. The lowest BCUT2D eigenvalue weighted by Gasteiger charge is -2.32. The molecule has 2 aliphatic rings. The zero-order chi connectivity index (χ0) is 18.4. The predicted molar refractivity (Wildman–Crippen MR) is 104 cm³/mol. The molecule has 1 saturated heterocycles. The maximum atomic E-state index is 5.34. The van der Waals surface area contributed by atoms with E-state index in [1.165, 1.54) is 12.8 Å². The van der Waals surface area contributed by atoms with Gasteiger partial charge in [0.15, 0.2) is 5.65 Å². The van der Waals surface area contributed by atoms with Crippen LogP contribution in [0.5, 0.6) is 5.88 Å². The van der Waals surface area contributed by atoms with Gasteiger partial charge in [-0.1, -0.05) is 0 Å². The zero-order valence-corrected chi connectivity index (χ0v) is 15.7. The molecule has 2 fully saturated rings. The molecule has 4 heterocycles. The van der Waals surface area contributed by atoms with Gasteiger partial charge in [0.25, 0.3) is 0 Å². The molecule has 0 radical (unpaired) electrons. The number of fused-ring (bicyclic) bond motifs is 1. The minimum Gasteiger partial charge on any atom is -0.481 e. The molecule has 0 amide bonds. The summed E-state index contributed by atoms with van der Waals surface area (Å²) in [5.74, 6) is 2.14. The molecule has 5 rings (SSSR count). The number of pyridine rings is 1. The Labute approximate surface area is 158 Å². The largest absolute Gasteiger partial charge is 0.481 e. The zero-order valence-electron chi connectivity index (χ0n) is 15.7. The van der Waals surface area contributed by atoms with E-state index in [9.17, 15) is 0 Å². The molecule has 1 aliphatic heterocycles. The summed E-state index contributed by atoms with van der Waals surface area (Å²) in [6.45, 7) is 5.11. The van der Waals surface area contributed by atoms with Crippen molar-refractivity contribution in [2.24, 2.45) is 0 Å². The molecular weight excluding hydrogens is 340 g/mol. The first kappa shape index (κ1) is 16.5. The molecule has 0 spiro atoms. The molecule has 1 atom stereocenters. The van der Waals surface area contributed by atoms with Crippen LogP contribution in [0.1, 0.15) is 31.4 Å². The van der Waals surface area contributed by atoms with Crippen LogP contribution in [0.25, 0.3) is 16.9 Å². The number of nitrogens with one attached hydrogen (secondary N) is 1. The van der Waals surface area contributed by atoms with E-state index in [2.05, 4.69) is 34.3 Å². The average molecular weight is 364 g/mol. The van der Waals surface area contributed by atoms with Crippen molar-refractivity contribution in [1.82, 2.24) is 24.9 Å². The molecule has 3 aromatic rings. The van der Waals surface area contributed by atoms with Gasteiger partial charge in [0.1, 0.15) is 5.82 Å². The van der Waals surface area contributed by atoms with Crippen LogP contribution >= 0.6 is 0 Å². The summed E-state index contributed by atoms with van der Waals surface area (Å²) in [4.78, 5) is 11.5. The number of hydrogen-bond acceptors (Lipinski definition) is 6. The quantitative estimate of drug-likeness (QED) is 0.767. The highest BCUT2D eigenvalue weighted by atomic mass is 16.5. The Bertz CT molecular complexity index is 980. The minimum absolute atomic E-state index is 0.463. The van der Waals surface area contributed by atoms with Crippen molar-refractivity contribution in [2.75, 3.05) is 31.6 Å². The van der Waals surface area contributed by atoms with E-state index in [0.29, 0.717) is 17.8 Å². The van der Waals surface area contributed by atoms with Crippen LogP contribution in [-0.4, -0.2) is 52.4 Å². The molecule has 7 heteroatoms. The van der Waals surface area contributed by atoms with Crippen molar-refractivity contribution in [3.05, 3.63) is 36.2 Å². The third-order valence-corrected chi connectivity index (χ3v) is 5.36. The van der Waals surface area contributed by atoms with E-state index < -0.39 is 0 Å². The topological polar surface area (TPSA) is 67.6 Å². The number of hydrogen-bond donors (Lipinski definition) is 1. The first-order chi connectivity index (χ1) is 13.2. The standard InChI is InChI=1S/C20H24N6O/c1-13-12-25(10-9-21-13)17-6-5-16-23-19(14-3-4-14)20(26(16)24-17)15-7-8-22-18(11-15)27-2/h5-8,11,13-14,21H,3-4,9-10,12H2,1-2H3. The lowest BCUT2D eigenvalue weighted by atomic mass is 10.1. The monoisotopic (exact) mass is 364 g/mol. The summed E-state index contributed by atoms with van der Waals surface area (Å²) in [5, 5.41) is 8.47. The first-order valence-electron chi connectivity index (χ1n) is 9.61. The van der Waals surface area contributed by atoms with Crippen LogP contribution in [0.15, 0.2) is 30.5 Å². The average Bonchev–Trinajstić information content (AvgIpc) is 3.48. The van der Waals surface area contributed by atoms with Gasteiger partial charge < -0.3 is 15.0 Å². The van der Waals surface area contributed by atoms with E-state index in [-0.39, 0.29) is 0 Å². The second kappa shape index (κ2) is 6.49. The summed E-state index contributed by atoms with van der Waals surface area (Å²) in [7, 11) is 1.64. The van der Waals surface area contributed by atoms with E-state index in [0.717, 1.165) is 48.1 Å². The van der Waals surface area contributed by atoms with Crippen molar-refractivity contribution < 1.29 is 4.74 Å². The number of imidazole rings is 1. The molecule has 1 unspecified atom stereocenters. The smallest absolute Gasteiger partial charge is 0.213 e. The van der Waals surface area contributed by atoms with E-state index in [1.807, 2.05) is 16.6 Å². The molecule has 0 bridgehead atoms. The second-order valence-electron chi connectivity index (χ2n) is 7.47. The number of anilines is 1. The molecule has 27 heavy (non-hydrogen) atoms. The third kappa shape index (κ3) is 3.02. The summed E-state index contributed by atoms with van der Waals surface area (Å²) < 4.78 is 7.34. The fraction of sp³-hybridized carbons (Fsp3) is 0.450. The highest BCUT2D eigenvalue weighted by Gasteiger charge is 2.31. The number of methoxy groups -OCH3 is 1. The number of aromatic nitrogens is 4. The molecular formula is C20H24N6O. The van der Waals surface area contributed by atoms with Gasteiger partial charge in [-0.3, -0.25) is 0 Å². The van der Waals surface area contributed by atoms with Crippen LogP contribution in [0.2, 0.25) is 0 Å². The summed E-state index contributed by atoms with van der Waals surface area (Å²) in [6, 6.07) is 8.62. The summed E-state index contributed by atoms with van der Waals surface area (Å²) in [6.07, 6.45) is 4.18. The lowest BCUT2D eigenvalue weighted by Crippen LogP contribution is -2.49. The van der Waals surface area contributed by atoms with Gasteiger partial charge in [-0.05, 0) is 38.0 Å². The van der Waals surface area contributed by atoms with Crippen molar-refractivity contribution in [1.29, 1.82) is 0 Å². The van der Waals surface area contributed by atoms with E-state index in [1.54, 1.807) is 13.3 Å². The SMILES string of the molecule is COc1cc(-c2c(C3CC3)nc3ccc(N4CCNC(C)C4)nn23)ccn1. The van der Waals surface area contributed by atoms with Crippen molar-refractivity contribution in [3.8, 4) is 17.1 Å². The van der Waals surface area contributed by atoms with Crippen LogP contribution in [0, 0.1) is 0 Å². The number of rotatable bonds is 4. The first-order valence-corrected chi connectivity index (χ1v) is 9.61. The summed E-state index contributed by atoms with van der Waals surface area (Å²) in [5.41, 5.74) is 4.16. The number of nitrogens with zero attached hydrogens (tertiary/aromatic N) is 5. The van der Waals surface area contributed by atoms with E-state index >= 15 is 0 Å². The Morgan fingerprint density at radius 1 is 1.22 bits per heavy atom. The Morgan fingerprint density at radius 3 is 2.89 bits per heavy atom. The van der Waals surface area contributed by atoms with Gasteiger partial charge in [0, 0.05) is 49.4 Å². The normalized spacial score (nSPS) is 20.2. The fourth-order valence-corrected chi connectivity index (χ4v) is 3.83. The van der Waals surface area contributed by atoms with Gasteiger partial charge in [-0.25, -0.2) is 14.5 Å². The molecule has 0 aromatic carbocycles. The third-order valence-electron chi connectivity index (χ3n) is 5.36. The number of ether oxygens (including phenoxy) is 1. The van der Waals surface area contributed by atoms with Crippen molar-refractivity contribution in [3.63, 3.8) is 0 Å². The van der Waals surface area contributed by atoms with Crippen LogP contribution in [-0.2, 0) is 0 Å². The number of piperazine rings is 1. The van der Waals surface area contributed by atoms with Gasteiger partial charge >= 0.3 is 0 Å². The molecule has 1 N–H and O–H groups in total. The summed E-state index contributed by atoms with van der Waals surface area (Å²) >= 11 is 0. The maximum absolute atomic E-state index is 5.34. The fourth-order valence-electron chi connectivity index (χ4n) is 3.83. The van der Waals surface area contributed by atoms with Crippen LogP contribution in [0.3, 0.4) is 0 Å². The Kier molecular flexibility index (Phi) is 3.97. The van der Waals surface area contributed by atoms with Gasteiger partial charge in [-0.2, -0.15) is 0 Å². The highest BCUT2D eigenvalue weighted by molar-refractivity contribution is 5.69. The van der Waals surface area contributed by atoms with E-state index in [4.69, 9.17) is 14.8 Å². The minimum atomic E-state index is 0.463. The van der Waals surface area contributed by atoms with Gasteiger partial charge in [-0.15, -0.1) is 5.10 Å². The molecule has 1 saturated carbocycles. The Balaban J connectivity index is 1.65. The van der Waals surface area contributed by atoms with Crippen LogP contribution in [0.4, 0.5) is 5.82 Å². The highest BCUT2D eigenvalue weighted by Crippen LogP contribution is 2.44. The van der Waals surface area contributed by atoms with Crippen molar-refractivity contribution >= 4 is 11.5 Å². The predicted octanol–water partition coefficient (Wildman–Crippen LogP) is 2.48. The van der Waals surface area contributed by atoms with Crippen molar-refractivity contribution in [2.45, 2.75) is 31.7 Å². The molecule has 7 nitrogen and oxygen atoms in total.